The van der Waals surface area contributed by atoms with E-state index in [9.17, 15) is 10.2 Å². The number of nitrogens with two attached hydrogens (primary N) is 1. The highest BCUT2D eigenvalue weighted by Crippen LogP contribution is 2.37. The molecule has 0 aromatic carbocycles. The fourth-order valence-electron chi connectivity index (χ4n) is 2.84. The Kier molecular flexibility index (Phi) is 4.50. The first-order valence-corrected chi connectivity index (χ1v) is 7.36. The average molecular weight is 327 g/mol. The van der Waals surface area contributed by atoms with Crippen LogP contribution in [0.15, 0.2) is 11.3 Å². The molecule has 1 aromatic heterocycles. The standard InChI is InChI=1S/C13H21N5O5/c1-3-22-11-7-10(16-13(14)17-11)18(5-15-7)12-9(21-2)8(20)6(4-19)23-12/h5-6,8-9,11-12,19-20H,3-4H2,1-2H3,(H3,14,16,17)/t6-,8-,9-,11?,12-/m1/s1. The van der Waals surface area contributed by atoms with Crippen molar-refractivity contribution in [1.29, 1.82) is 0 Å². The average Bonchev–Trinajstić information content (AvgIpc) is 3.08. The normalized spacial score (nSPS) is 33.2. The number of imidazole rings is 1. The van der Waals surface area contributed by atoms with Crippen LogP contribution in [0.1, 0.15) is 25.1 Å². The molecule has 128 valence electrons. The summed E-state index contributed by atoms with van der Waals surface area (Å²) in [6.07, 6.45) is -2.06. The molecule has 10 heteroatoms. The molecule has 0 amide bonds. The third-order valence-electron chi connectivity index (χ3n) is 3.92. The Hall–Kier alpha value is -1.72. The summed E-state index contributed by atoms with van der Waals surface area (Å²) < 4.78 is 18.2. The van der Waals surface area contributed by atoms with E-state index in [1.54, 1.807) is 10.9 Å². The van der Waals surface area contributed by atoms with Gasteiger partial charge in [-0.05, 0) is 6.92 Å². The zero-order valence-corrected chi connectivity index (χ0v) is 12.9. The zero-order chi connectivity index (χ0) is 16.6. The second-order valence-corrected chi connectivity index (χ2v) is 5.27. The predicted molar refractivity (Wildman–Crippen MR) is 79.6 cm³/mol. The number of aliphatic hydroxyl groups excluding tert-OH is 2. The van der Waals surface area contributed by atoms with E-state index in [4.69, 9.17) is 19.9 Å². The molecule has 3 heterocycles. The largest absolute Gasteiger partial charge is 0.394 e. The fraction of sp³-hybridized carbons (Fsp3) is 0.692. The van der Waals surface area contributed by atoms with Crippen molar-refractivity contribution in [1.82, 2.24) is 9.55 Å². The van der Waals surface area contributed by atoms with E-state index in [0.29, 0.717) is 18.1 Å². The SMILES string of the molecule is CCOC1N=C(N)Nc2c1ncn2[C@@H]1O[C@H](CO)[C@@H](O)[C@H]1OC. The number of fused-ring (bicyclic) bond motifs is 1. The number of aliphatic hydroxyl groups is 2. The number of methoxy groups -OCH3 is 1. The number of aromatic nitrogens is 2. The van der Waals surface area contributed by atoms with Crippen molar-refractivity contribution in [2.75, 3.05) is 25.6 Å². The van der Waals surface area contributed by atoms with Gasteiger partial charge in [0.15, 0.2) is 18.4 Å². The van der Waals surface area contributed by atoms with Gasteiger partial charge in [0.25, 0.3) is 0 Å². The summed E-state index contributed by atoms with van der Waals surface area (Å²) in [4.78, 5) is 8.48. The van der Waals surface area contributed by atoms with E-state index >= 15 is 0 Å². The van der Waals surface area contributed by atoms with Gasteiger partial charge in [-0.2, -0.15) is 0 Å². The molecule has 2 aliphatic heterocycles. The highest BCUT2D eigenvalue weighted by atomic mass is 16.6. The van der Waals surface area contributed by atoms with Crippen LogP contribution in [0, 0.1) is 0 Å². The molecule has 10 nitrogen and oxygen atoms in total. The molecule has 0 spiro atoms. The van der Waals surface area contributed by atoms with E-state index in [1.165, 1.54) is 7.11 Å². The fourth-order valence-corrected chi connectivity index (χ4v) is 2.84. The minimum atomic E-state index is -0.953. The van der Waals surface area contributed by atoms with Gasteiger partial charge < -0.3 is 35.5 Å². The van der Waals surface area contributed by atoms with E-state index < -0.39 is 30.8 Å². The Balaban J connectivity index is 1.94. The monoisotopic (exact) mass is 327 g/mol. The molecule has 0 radical (unpaired) electrons. The first-order chi connectivity index (χ1) is 11.1. The van der Waals surface area contributed by atoms with Crippen molar-refractivity contribution >= 4 is 11.8 Å². The van der Waals surface area contributed by atoms with Crippen molar-refractivity contribution < 1.29 is 24.4 Å². The van der Waals surface area contributed by atoms with E-state index in [-0.39, 0.29) is 12.6 Å². The Morgan fingerprint density at radius 1 is 1.52 bits per heavy atom. The summed E-state index contributed by atoms with van der Waals surface area (Å²) in [7, 11) is 1.47. The van der Waals surface area contributed by atoms with Crippen LogP contribution in [0.5, 0.6) is 0 Å². The lowest BCUT2D eigenvalue weighted by Crippen LogP contribution is -2.35. The lowest BCUT2D eigenvalue weighted by molar-refractivity contribution is -0.0592. The highest BCUT2D eigenvalue weighted by molar-refractivity contribution is 5.93. The van der Waals surface area contributed by atoms with Gasteiger partial charge in [0, 0.05) is 13.7 Å². The Labute approximate surface area is 132 Å². The van der Waals surface area contributed by atoms with Crippen molar-refractivity contribution in [3.8, 4) is 0 Å². The van der Waals surface area contributed by atoms with Gasteiger partial charge >= 0.3 is 0 Å². The minimum absolute atomic E-state index is 0.198. The number of nitrogens with zero attached hydrogens (tertiary/aromatic N) is 3. The molecule has 23 heavy (non-hydrogen) atoms. The van der Waals surface area contributed by atoms with Crippen LogP contribution in [-0.2, 0) is 14.2 Å². The summed E-state index contributed by atoms with van der Waals surface area (Å²) in [5.74, 6) is 0.762. The number of hydrogen-bond acceptors (Lipinski definition) is 9. The smallest absolute Gasteiger partial charge is 0.198 e. The molecule has 1 saturated heterocycles. The molecule has 5 N–H and O–H groups in total. The molecule has 5 atom stereocenters. The lowest BCUT2D eigenvalue weighted by atomic mass is 10.1. The Bertz CT molecular complexity index is 591. The van der Waals surface area contributed by atoms with Crippen LogP contribution in [-0.4, -0.2) is 64.4 Å². The van der Waals surface area contributed by atoms with Crippen LogP contribution in [0.3, 0.4) is 0 Å². The quantitative estimate of drug-likeness (QED) is 0.536. The van der Waals surface area contributed by atoms with Gasteiger partial charge in [0.2, 0.25) is 0 Å². The van der Waals surface area contributed by atoms with Gasteiger partial charge in [-0.15, -0.1) is 0 Å². The van der Waals surface area contributed by atoms with Crippen molar-refractivity contribution in [2.24, 2.45) is 10.7 Å². The van der Waals surface area contributed by atoms with Gasteiger partial charge in [0.05, 0.1) is 12.9 Å². The van der Waals surface area contributed by atoms with Crippen LogP contribution >= 0.6 is 0 Å². The van der Waals surface area contributed by atoms with Crippen LogP contribution in [0.25, 0.3) is 0 Å². The minimum Gasteiger partial charge on any atom is -0.394 e. The summed E-state index contributed by atoms with van der Waals surface area (Å²) in [6.45, 7) is 2.00. The molecule has 0 bridgehead atoms. The summed E-state index contributed by atoms with van der Waals surface area (Å²) in [6, 6.07) is 0. The van der Waals surface area contributed by atoms with Gasteiger partial charge in [-0.3, -0.25) is 4.57 Å². The van der Waals surface area contributed by atoms with Gasteiger partial charge in [-0.1, -0.05) is 0 Å². The van der Waals surface area contributed by atoms with E-state index in [2.05, 4.69) is 15.3 Å². The number of guanidine groups is 1. The lowest BCUT2D eigenvalue weighted by Gasteiger charge is -2.25. The van der Waals surface area contributed by atoms with Crippen molar-refractivity contribution in [3.05, 3.63) is 12.0 Å². The van der Waals surface area contributed by atoms with Crippen molar-refractivity contribution in [2.45, 2.75) is 37.7 Å². The molecule has 3 rings (SSSR count). The molecular formula is C13H21N5O5. The Morgan fingerprint density at radius 3 is 2.96 bits per heavy atom. The number of ether oxygens (including phenoxy) is 3. The molecule has 1 aromatic rings. The Morgan fingerprint density at radius 2 is 2.30 bits per heavy atom. The number of hydrogen-bond donors (Lipinski definition) is 4. The summed E-state index contributed by atoms with van der Waals surface area (Å²) in [5, 5.41) is 22.4. The molecule has 1 unspecified atom stereocenters. The molecule has 0 aliphatic carbocycles. The van der Waals surface area contributed by atoms with Crippen molar-refractivity contribution in [3.63, 3.8) is 0 Å². The predicted octanol–water partition coefficient (Wildman–Crippen LogP) is -1.08. The van der Waals surface area contributed by atoms with Crippen LogP contribution in [0.4, 0.5) is 5.82 Å². The molecule has 2 aliphatic rings. The van der Waals surface area contributed by atoms with Gasteiger partial charge in [-0.25, -0.2) is 9.98 Å². The maximum Gasteiger partial charge on any atom is 0.198 e. The number of aliphatic imine (C=N–C) groups is 1. The van der Waals surface area contributed by atoms with E-state index in [0.717, 1.165) is 0 Å². The number of anilines is 1. The molecule has 1 fully saturated rings. The van der Waals surface area contributed by atoms with Crippen LogP contribution in [0.2, 0.25) is 0 Å². The second-order valence-electron chi connectivity index (χ2n) is 5.27. The maximum atomic E-state index is 10.2. The number of nitrogens with one attached hydrogen (secondary N) is 1. The third kappa shape index (κ3) is 2.68. The van der Waals surface area contributed by atoms with Crippen LogP contribution < -0.4 is 11.1 Å². The van der Waals surface area contributed by atoms with Gasteiger partial charge in [0.1, 0.15) is 29.8 Å². The number of rotatable bonds is 5. The first kappa shape index (κ1) is 16.1. The molecular weight excluding hydrogens is 306 g/mol. The first-order valence-electron chi connectivity index (χ1n) is 7.36. The van der Waals surface area contributed by atoms with E-state index in [1.807, 2.05) is 6.92 Å². The summed E-state index contributed by atoms with van der Waals surface area (Å²) >= 11 is 0. The second kappa shape index (κ2) is 6.42. The maximum absolute atomic E-state index is 10.2. The summed E-state index contributed by atoms with van der Waals surface area (Å²) in [5.41, 5.74) is 6.37. The third-order valence-corrected chi connectivity index (χ3v) is 3.92. The topological polar surface area (TPSA) is 136 Å². The highest BCUT2D eigenvalue weighted by Gasteiger charge is 2.46. The molecule has 0 saturated carbocycles. The zero-order valence-electron chi connectivity index (χ0n) is 12.9.